The molecular formula is C25H45NO7. The maximum atomic E-state index is 12.0. The van der Waals surface area contributed by atoms with Crippen molar-refractivity contribution in [1.82, 2.24) is 5.32 Å². The van der Waals surface area contributed by atoms with E-state index in [-0.39, 0.29) is 31.0 Å². The Balaban J connectivity index is 3.64. The smallest absolute Gasteiger partial charge is 0.326 e. The molecule has 3 N–H and O–H groups in total. The first-order valence-electron chi connectivity index (χ1n) is 12.6. The molecule has 33 heavy (non-hydrogen) atoms. The molecular weight excluding hydrogens is 426 g/mol. The van der Waals surface area contributed by atoms with E-state index in [9.17, 15) is 24.3 Å². The van der Waals surface area contributed by atoms with Gasteiger partial charge in [0.25, 0.3) is 0 Å². The van der Waals surface area contributed by atoms with Gasteiger partial charge in [-0.3, -0.25) is 14.4 Å². The lowest BCUT2D eigenvalue weighted by molar-refractivity contribution is -0.142. The molecule has 0 bridgehead atoms. The zero-order valence-corrected chi connectivity index (χ0v) is 20.4. The normalized spacial score (nSPS) is 11.8. The Bertz CT molecular complexity index is 551. The number of carboxylic acid groups (broad SMARTS) is 2. The Morgan fingerprint density at radius 3 is 1.61 bits per heavy atom. The van der Waals surface area contributed by atoms with Crippen LogP contribution in [-0.2, 0) is 23.9 Å². The van der Waals surface area contributed by atoms with Crippen LogP contribution in [0.3, 0.4) is 0 Å². The van der Waals surface area contributed by atoms with Crippen LogP contribution in [0.25, 0.3) is 0 Å². The van der Waals surface area contributed by atoms with Crippen LogP contribution in [0.5, 0.6) is 0 Å². The van der Waals surface area contributed by atoms with Gasteiger partial charge in [0.15, 0.2) is 0 Å². The second kappa shape index (κ2) is 21.9. The topological polar surface area (TPSA) is 130 Å². The number of methoxy groups -OCH3 is 1. The molecule has 8 nitrogen and oxygen atoms in total. The number of ketones is 1. The van der Waals surface area contributed by atoms with Crippen LogP contribution in [-0.4, -0.2) is 53.6 Å². The van der Waals surface area contributed by atoms with Crippen LogP contribution in [0.2, 0.25) is 0 Å². The molecule has 0 unspecified atom stereocenters. The molecule has 0 aromatic rings. The molecule has 0 aliphatic rings. The van der Waals surface area contributed by atoms with Crippen LogP contribution in [0.4, 0.5) is 0 Å². The van der Waals surface area contributed by atoms with Gasteiger partial charge in [0.2, 0.25) is 5.91 Å². The Kier molecular flexibility index (Phi) is 20.6. The number of hydrogen-bond acceptors (Lipinski definition) is 5. The number of carboxylic acids is 2. The summed E-state index contributed by atoms with van der Waals surface area (Å²) in [6.07, 6.45) is 14.6. The molecule has 8 heteroatoms. The number of nitrogens with one attached hydrogen (secondary N) is 1. The molecule has 0 heterocycles. The van der Waals surface area contributed by atoms with E-state index in [1.807, 2.05) is 0 Å². The van der Waals surface area contributed by atoms with Gasteiger partial charge in [0, 0.05) is 39.4 Å². The average Bonchev–Trinajstić information content (AvgIpc) is 2.76. The van der Waals surface area contributed by atoms with Crippen LogP contribution in [0, 0.1) is 0 Å². The predicted octanol–water partition coefficient (Wildman–Crippen LogP) is 4.88. The van der Waals surface area contributed by atoms with Gasteiger partial charge in [-0.05, 0) is 25.7 Å². The second-order valence-electron chi connectivity index (χ2n) is 8.77. The summed E-state index contributed by atoms with van der Waals surface area (Å²) in [7, 11) is 1.57. The predicted molar refractivity (Wildman–Crippen MR) is 127 cm³/mol. The van der Waals surface area contributed by atoms with Crippen molar-refractivity contribution in [2.24, 2.45) is 0 Å². The van der Waals surface area contributed by atoms with Crippen molar-refractivity contribution in [2.75, 3.05) is 13.7 Å². The van der Waals surface area contributed by atoms with Crippen LogP contribution >= 0.6 is 0 Å². The lowest BCUT2D eigenvalue weighted by Crippen LogP contribution is -2.41. The first-order valence-corrected chi connectivity index (χ1v) is 12.6. The van der Waals surface area contributed by atoms with Gasteiger partial charge < -0.3 is 20.3 Å². The first kappa shape index (κ1) is 31.0. The highest BCUT2D eigenvalue weighted by atomic mass is 16.5. The number of rotatable bonds is 24. The Morgan fingerprint density at radius 2 is 1.15 bits per heavy atom. The lowest BCUT2D eigenvalue weighted by Gasteiger charge is -2.14. The number of unbranched alkanes of at least 4 members (excludes halogenated alkanes) is 11. The Labute approximate surface area is 198 Å². The molecule has 0 aliphatic carbocycles. The fraction of sp³-hybridized carbons (Fsp3) is 0.840. The summed E-state index contributed by atoms with van der Waals surface area (Å²) in [5, 5.41) is 20.4. The zero-order valence-electron chi connectivity index (χ0n) is 20.4. The van der Waals surface area contributed by atoms with Gasteiger partial charge in [-0.15, -0.1) is 0 Å². The third-order valence-electron chi connectivity index (χ3n) is 5.69. The summed E-state index contributed by atoms with van der Waals surface area (Å²) in [4.78, 5) is 45.6. The van der Waals surface area contributed by atoms with E-state index in [0.717, 1.165) is 44.9 Å². The molecule has 0 saturated carbocycles. The van der Waals surface area contributed by atoms with Crippen molar-refractivity contribution in [3.05, 3.63) is 0 Å². The maximum Gasteiger partial charge on any atom is 0.326 e. The molecule has 0 fully saturated rings. The monoisotopic (exact) mass is 471 g/mol. The Morgan fingerprint density at radius 1 is 0.667 bits per heavy atom. The van der Waals surface area contributed by atoms with Crippen LogP contribution in [0.15, 0.2) is 0 Å². The van der Waals surface area contributed by atoms with Crippen molar-refractivity contribution in [2.45, 2.75) is 122 Å². The van der Waals surface area contributed by atoms with Gasteiger partial charge >= 0.3 is 11.9 Å². The van der Waals surface area contributed by atoms with E-state index in [0.29, 0.717) is 25.9 Å². The molecule has 0 aromatic carbocycles. The van der Waals surface area contributed by atoms with Crippen molar-refractivity contribution in [3.63, 3.8) is 0 Å². The van der Waals surface area contributed by atoms with E-state index in [2.05, 4.69) is 5.32 Å². The zero-order chi connectivity index (χ0) is 24.7. The standard InChI is InChI=1S/C25H45NO7/c1-33-20-14-15-21(27)18-19-22(25(31)32)26-23(28)16-12-10-8-6-4-2-3-5-7-9-11-13-17-24(29)30/h22H,2-20H2,1H3,(H,26,28)(H,29,30)(H,31,32)/t22-/m0/s1. The molecule has 0 aromatic heterocycles. The number of hydrogen-bond donors (Lipinski definition) is 3. The molecule has 192 valence electrons. The minimum atomic E-state index is -1.10. The van der Waals surface area contributed by atoms with Gasteiger partial charge in [-0.25, -0.2) is 4.79 Å². The summed E-state index contributed by atoms with van der Waals surface area (Å²) < 4.78 is 4.90. The lowest BCUT2D eigenvalue weighted by atomic mass is 10.0. The highest BCUT2D eigenvalue weighted by Crippen LogP contribution is 2.13. The second-order valence-corrected chi connectivity index (χ2v) is 8.77. The molecule has 0 radical (unpaired) electrons. The molecule has 0 saturated heterocycles. The van der Waals surface area contributed by atoms with E-state index >= 15 is 0 Å². The highest BCUT2D eigenvalue weighted by Gasteiger charge is 2.20. The number of carbonyl (C=O) groups excluding carboxylic acids is 2. The molecule has 1 amide bonds. The number of ether oxygens (including phenoxy) is 1. The highest BCUT2D eigenvalue weighted by molar-refractivity contribution is 5.84. The van der Waals surface area contributed by atoms with Gasteiger partial charge in [-0.2, -0.15) is 0 Å². The minimum absolute atomic E-state index is 0.0108. The van der Waals surface area contributed by atoms with E-state index < -0.39 is 18.0 Å². The summed E-state index contributed by atoms with van der Waals surface area (Å²) in [6, 6.07) is -1.01. The fourth-order valence-electron chi connectivity index (χ4n) is 3.70. The van der Waals surface area contributed by atoms with Gasteiger partial charge in [-0.1, -0.05) is 64.2 Å². The van der Waals surface area contributed by atoms with Crippen molar-refractivity contribution in [1.29, 1.82) is 0 Å². The summed E-state index contributed by atoms with van der Waals surface area (Å²) in [5.74, 6) is -2.09. The maximum absolute atomic E-state index is 12.0. The first-order chi connectivity index (χ1) is 15.9. The summed E-state index contributed by atoms with van der Waals surface area (Å²) >= 11 is 0. The molecule has 0 spiro atoms. The van der Waals surface area contributed by atoms with Crippen molar-refractivity contribution >= 4 is 23.6 Å². The van der Waals surface area contributed by atoms with Crippen molar-refractivity contribution in [3.8, 4) is 0 Å². The minimum Gasteiger partial charge on any atom is -0.481 e. The SMILES string of the molecule is COCCCC(=O)CC[C@H](NC(=O)CCCCCCCCCCCCCCC(=O)O)C(=O)O. The van der Waals surface area contributed by atoms with Gasteiger partial charge in [0.1, 0.15) is 11.8 Å². The third-order valence-corrected chi connectivity index (χ3v) is 5.69. The summed E-state index contributed by atoms with van der Waals surface area (Å²) in [5.41, 5.74) is 0. The van der Waals surface area contributed by atoms with Gasteiger partial charge in [0.05, 0.1) is 0 Å². The molecule has 0 aliphatic heterocycles. The van der Waals surface area contributed by atoms with Crippen LogP contribution in [0.1, 0.15) is 116 Å². The number of carbonyl (C=O) groups is 4. The fourth-order valence-corrected chi connectivity index (χ4v) is 3.70. The van der Waals surface area contributed by atoms with Crippen LogP contribution < -0.4 is 5.32 Å². The quantitative estimate of drug-likeness (QED) is 0.171. The largest absolute Gasteiger partial charge is 0.481 e. The van der Waals surface area contributed by atoms with E-state index in [1.54, 1.807) is 7.11 Å². The van der Waals surface area contributed by atoms with Crippen molar-refractivity contribution < 1.29 is 34.1 Å². The number of aliphatic carboxylic acids is 2. The average molecular weight is 472 g/mol. The molecule has 0 rings (SSSR count). The Hall–Kier alpha value is -1.96. The number of amides is 1. The third kappa shape index (κ3) is 21.6. The van der Waals surface area contributed by atoms with E-state index in [4.69, 9.17) is 9.84 Å². The summed E-state index contributed by atoms with van der Waals surface area (Å²) in [6.45, 7) is 0.502. The number of Topliss-reactive ketones (excluding diaryl/α,β-unsaturated/α-hetero) is 1. The van der Waals surface area contributed by atoms with E-state index in [1.165, 1.54) is 32.1 Å². The molecule has 1 atom stereocenters.